The van der Waals surface area contributed by atoms with E-state index in [1.807, 2.05) is 72.8 Å². The molecule has 0 fully saturated rings. The van der Waals surface area contributed by atoms with E-state index in [9.17, 15) is 9.59 Å². The number of pyridine rings is 2. The Hall–Kier alpha value is -3.66. The predicted molar refractivity (Wildman–Crippen MR) is 105 cm³/mol. The molecule has 4 nitrogen and oxygen atoms in total. The predicted octanol–water partition coefficient (Wildman–Crippen LogP) is 3.88. The lowest BCUT2D eigenvalue weighted by Crippen LogP contribution is -2.18. The van der Waals surface area contributed by atoms with Crippen LogP contribution in [0.1, 0.15) is 0 Å². The molecule has 0 aliphatic heterocycles. The summed E-state index contributed by atoms with van der Waals surface area (Å²) >= 11 is 0. The van der Waals surface area contributed by atoms with Crippen LogP contribution in [0, 0.1) is 0 Å². The van der Waals surface area contributed by atoms with Gasteiger partial charge in [0.05, 0.1) is 0 Å². The highest BCUT2D eigenvalue weighted by atomic mass is 16.1. The van der Waals surface area contributed by atoms with Crippen molar-refractivity contribution in [3.63, 3.8) is 0 Å². The van der Waals surface area contributed by atoms with Crippen LogP contribution in [-0.2, 0) is 0 Å². The fourth-order valence-corrected chi connectivity index (χ4v) is 2.50. The van der Waals surface area contributed by atoms with E-state index in [1.165, 1.54) is 6.07 Å². The van der Waals surface area contributed by atoms with E-state index >= 15 is 0 Å². The average molecular weight is 342 g/mol. The molecule has 128 valence electrons. The summed E-state index contributed by atoms with van der Waals surface area (Å²) in [7, 11) is 0. The van der Waals surface area contributed by atoms with Gasteiger partial charge in [-0.1, -0.05) is 54.6 Å². The van der Waals surface area contributed by atoms with Gasteiger partial charge in [-0.2, -0.15) is 0 Å². The molecule has 0 aliphatic rings. The van der Waals surface area contributed by atoms with Crippen LogP contribution in [0.4, 0.5) is 0 Å². The fraction of sp³-hybridized carbons (Fsp3) is 0. The molecule has 0 saturated carbocycles. The Bertz CT molecular complexity index is 990. The van der Waals surface area contributed by atoms with Gasteiger partial charge in [0.2, 0.25) is 5.56 Å². The zero-order valence-corrected chi connectivity index (χ0v) is 14.1. The summed E-state index contributed by atoms with van der Waals surface area (Å²) in [5, 5.41) is 0. The fourth-order valence-electron chi connectivity index (χ4n) is 2.50. The molecule has 2 aromatic heterocycles. The van der Waals surface area contributed by atoms with Gasteiger partial charge >= 0.3 is 0 Å². The molecule has 2 aromatic carbocycles. The van der Waals surface area contributed by atoms with Crippen LogP contribution in [0.3, 0.4) is 0 Å². The Morgan fingerprint density at radius 1 is 0.654 bits per heavy atom. The maximum atomic E-state index is 12.5. The molecular formula is C22H18N2O2. The molecule has 0 amide bonds. The zero-order valence-electron chi connectivity index (χ0n) is 14.1. The van der Waals surface area contributed by atoms with Crippen LogP contribution >= 0.6 is 0 Å². The highest BCUT2D eigenvalue weighted by Crippen LogP contribution is 2.15. The molecule has 0 unspecified atom stereocenters. The third-order valence-electron chi connectivity index (χ3n) is 3.75. The molecule has 4 aromatic rings. The number of hydrogen-bond donors (Lipinski definition) is 1. The zero-order chi connectivity index (χ0) is 18.2. The van der Waals surface area contributed by atoms with E-state index in [1.54, 1.807) is 29.1 Å². The minimum absolute atomic E-state index is 0.0000926. The summed E-state index contributed by atoms with van der Waals surface area (Å²) in [6, 6.07) is 28.1. The quantitative estimate of drug-likeness (QED) is 0.601. The number of hydrogen-bond acceptors (Lipinski definition) is 2. The van der Waals surface area contributed by atoms with Gasteiger partial charge in [-0.15, -0.1) is 0 Å². The standard InChI is InChI=1S/C17H13NO.C5H5NO/c19-17-16(14-8-3-1-4-9-14)12-7-13-18(17)15-10-5-2-6-11-15;7-5-3-1-2-4-6-5/h1-13H;1-4H,(H,6,7). The SMILES string of the molecule is O=c1c(-c2ccccc2)cccn1-c1ccccc1.O=c1cccc[nH]1. The molecule has 2 heterocycles. The van der Waals surface area contributed by atoms with Crippen molar-refractivity contribution in [3.8, 4) is 16.8 Å². The summed E-state index contributed by atoms with van der Waals surface area (Å²) < 4.78 is 1.67. The second-order valence-electron chi connectivity index (χ2n) is 5.53. The molecule has 1 N–H and O–H groups in total. The average Bonchev–Trinajstić information content (AvgIpc) is 2.71. The van der Waals surface area contributed by atoms with Crippen molar-refractivity contribution >= 4 is 0 Å². The number of H-pyrrole nitrogens is 1. The Labute approximate surface area is 151 Å². The monoisotopic (exact) mass is 342 g/mol. The normalized spacial score (nSPS) is 9.85. The first-order valence-corrected chi connectivity index (χ1v) is 8.22. The van der Waals surface area contributed by atoms with Gasteiger partial charge in [-0.25, -0.2) is 0 Å². The van der Waals surface area contributed by atoms with Gasteiger partial charge in [0.1, 0.15) is 0 Å². The molecule has 4 heteroatoms. The smallest absolute Gasteiger partial charge is 0.262 e. The largest absolute Gasteiger partial charge is 0.329 e. The number of nitrogens with one attached hydrogen (secondary N) is 1. The highest BCUT2D eigenvalue weighted by molar-refractivity contribution is 5.62. The van der Waals surface area contributed by atoms with E-state index in [-0.39, 0.29) is 11.1 Å². The molecule has 0 saturated heterocycles. The summed E-state index contributed by atoms with van der Waals surface area (Å²) in [5.41, 5.74) is 2.48. The molecule has 0 aliphatic carbocycles. The minimum Gasteiger partial charge on any atom is -0.329 e. The second kappa shape index (κ2) is 8.44. The van der Waals surface area contributed by atoms with Crippen molar-refractivity contribution in [1.82, 2.24) is 9.55 Å². The number of aromatic nitrogens is 2. The summed E-state index contributed by atoms with van der Waals surface area (Å²) in [4.78, 5) is 25.2. The van der Waals surface area contributed by atoms with Crippen molar-refractivity contribution in [2.24, 2.45) is 0 Å². The van der Waals surface area contributed by atoms with E-state index in [0.29, 0.717) is 5.56 Å². The third-order valence-corrected chi connectivity index (χ3v) is 3.75. The molecule has 0 spiro atoms. The van der Waals surface area contributed by atoms with Crippen LogP contribution in [0.2, 0.25) is 0 Å². The lowest BCUT2D eigenvalue weighted by molar-refractivity contribution is 0.993. The van der Waals surface area contributed by atoms with Crippen molar-refractivity contribution in [1.29, 1.82) is 0 Å². The van der Waals surface area contributed by atoms with E-state index < -0.39 is 0 Å². The van der Waals surface area contributed by atoms with Crippen LogP contribution in [0.15, 0.2) is 113 Å². The van der Waals surface area contributed by atoms with Gasteiger partial charge in [-0.3, -0.25) is 14.2 Å². The number of rotatable bonds is 2. The topological polar surface area (TPSA) is 54.9 Å². The molecular weight excluding hydrogens is 324 g/mol. The van der Waals surface area contributed by atoms with Gasteiger partial charge in [0.25, 0.3) is 5.56 Å². The first kappa shape index (κ1) is 17.2. The van der Waals surface area contributed by atoms with E-state index in [2.05, 4.69) is 4.98 Å². The summed E-state index contributed by atoms with van der Waals surface area (Å²) in [6.45, 7) is 0. The van der Waals surface area contributed by atoms with E-state index in [4.69, 9.17) is 0 Å². The van der Waals surface area contributed by atoms with Gasteiger partial charge in [0, 0.05) is 29.7 Å². The Morgan fingerprint density at radius 3 is 1.88 bits per heavy atom. The highest BCUT2D eigenvalue weighted by Gasteiger charge is 2.06. The minimum atomic E-state index is -0.0532. The van der Waals surface area contributed by atoms with Gasteiger partial charge in [0.15, 0.2) is 0 Å². The van der Waals surface area contributed by atoms with Crippen molar-refractivity contribution in [3.05, 3.63) is 124 Å². The molecule has 0 atom stereocenters. The molecule has 0 bridgehead atoms. The first-order valence-electron chi connectivity index (χ1n) is 8.22. The summed E-state index contributed by atoms with van der Waals surface area (Å²) in [6.07, 6.45) is 3.40. The van der Waals surface area contributed by atoms with Crippen LogP contribution in [0.25, 0.3) is 16.8 Å². The number of para-hydroxylation sites is 1. The van der Waals surface area contributed by atoms with Crippen molar-refractivity contribution in [2.75, 3.05) is 0 Å². The molecule has 26 heavy (non-hydrogen) atoms. The number of nitrogens with zero attached hydrogens (tertiary/aromatic N) is 1. The van der Waals surface area contributed by atoms with Crippen molar-refractivity contribution in [2.45, 2.75) is 0 Å². The summed E-state index contributed by atoms with van der Waals surface area (Å²) in [5.74, 6) is 0. The van der Waals surface area contributed by atoms with Gasteiger partial charge < -0.3 is 4.98 Å². The molecule has 0 radical (unpaired) electrons. The van der Waals surface area contributed by atoms with Gasteiger partial charge in [-0.05, 0) is 35.9 Å². The van der Waals surface area contributed by atoms with Crippen LogP contribution in [-0.4, -0.2) is 9.55 Å². The lowest BCUT2D eigenvalue weighted by atomic mass is 10.1. The third kappa shape index (κ3) is 4.24. The maximum Gasteiger partial charge on any atom is 0.262 e. The second-order valence-corrected chi connectivity index (χ2v) is 5.53. The Morgan fingerprint density at radius 2 is 1.31 bits per heavy atom. The Kier molecular flexibility index (Phi) is 5.58. The van der Waals surface area contributed by atoms with Crippen molar-refractivity contribution < 1.29 is 0 Å². The first-order chi connectivity index (χ1) is 12.8. The van der Waals surface area contributed by atoms with Crippen LogP contribution < -0.4 is 11.1 Å². The Balaban J connectivity index is 0.000000236. The number of aromatic amines is 1. The van der Waals surface area contributed by atoms with Crippen LogP contribution in [0.5, 0.6) is 0 Å². The maximum absolute atomic E-state index is 12.5. The molecule has 4 rings (SSSR count). The van der Waals surface area contributed by atoms with E-state index in [0.717, 1.165) is 11.3 Å². The number of benzene rings is 2. The lowest BCUT2D eigenvalue weighted by Gasteiger charge is -2.08.